The van der Waals surface area contributed by atoms with E-state index in [0.29, 0.717) is 32.3 Å². The number of morpholine rings is 1. The molecular formula is C21H28N10O2. The van der Waals surface area contributed by atoms with Crippen LogP contribution >= 0.6 is 0 Å². The fourth-order valence-electron chi connectivity index (χ4n) is 4.39. The van der Waals surface area contributed by atoms with Gasteiger partial charge in [-0.1, -0.05) is 0 Å². The number of likely N-dealkylation sites (tertiary alicyclic amines) is 1. The number of carbonyl (C=O) groups is 1. The summed E-state index contributed by atoms with van der Waals surface area (Å²) in [4.78, 5) is 34.3. The smallest absolute Gasteiger partial charge is 0.239 e. The Kier molecular flexibility index (Phi) is 5.77. The average Bonchev–Trinajstić information content (AvgIpc) is 3.28. The highest BCUT2D eigenvalue weighted by atomic mass is 16.5. The molecule has 12 heteroatoms. The summed E-state index contributed by atoms with van der Waals surface area (Å²) in [6, 6.07) is -0.358. The lowest BCUT2D eigenvalue weighted by atomic mass is 10.0. The average molecular weight is 453 g/mol. The number of piperidine rings is 1. The molecule has 2 fully saturated rings. The lowest BCUT2D eigenvalue weighted by molar-refractivity contribution is -0.133. The third-order valence-electron chi connectivity index (χ3n) is 6.19. The highest BCUT2D eigenvalue weighted by molar-refractivity contribution is 5.91. The number of anilines is 2. The number of hydrogen-bond acceptors (Lipinski definition) is 10. The number of fused-ring (bicyclic) bond motifs is 1. The molecule has 0 aromatic carbocycles. The monoisotopic (exact) mass is 452 g/mol. The summed E-state index contributed by atoms with van der Waals surface area (Å²) in [6.45, 7) is 5.71. The van der Waals surface area contributed by atoms with Crippen molar-refractivity contribution in [3.8, 4) is 11.3 Å². The van der Waals surface area contributed by atoms with E-state index in [-0.39, 0.29) is 17.9 Å². The predicted molar refractivity (Wildman–Crippen MR) is 122 cm³/mol. The predicted octanol–water partition coefficient (Wildman–Crippen LogP) is 0.213. The van der Waals surface area contributed by atoms with Crippen LogP contribution in [0.2, 0.25) is 0 Å². The van der Waals surface area contributed by atoms with Gasteiger partial charge in [0.05, 0.1) is 42.6 Å². The van der Waals surface area contributed by atoms with E-state index in [1.807, 2.05) is 9.58 Å². The summed E-state index contributed by atoms with van der Waals surface area (Å²) in [5.74, 6) is 0.825. The Balaban J connectivity index is 1.52. The first-order valence-electron chi connectivity index (χ1n) is 11.2. The van der Waals surface area contributed by atoms with Gasteiger partial charge in [0.1, 0.15) is 0 Å². The van der Waals surface area contributed by atoms with Crippen LogP contribution in [0.4, 0.5) is 11.9 Å². The Hall–Kier alpha value is -3.38. The molecule has 3 aromatic heterocycles. The molecule has 5 rings (SSSR count). The van der Waals surface area contributed by atoms with Crippen molar-refractivity contribution in [3.05, 3.63) is 18.6 Å². The first-order valence-corrected chi connectivity index (χ1v) is 11.2. The van der Waals surface area contributed by atoms with Gasteiger partial charge in [-0.2, -0.15) is 10.1 Å². The Bertz CT molecular complexity index is 1130. The van der Waals surface area contributed by atoms with Crippen molar-refractivity contribution < 1.29 is 9.53 Å². The third kappa shape index (κ3) is 4.18. The van der Waals surface area contributed by atoms with Crippen molar-refractivity contribution in [1.29, 1.82) is 0 Å². The Morgan fingerprint density at radius 2 is 1.79 bits per heavy atom. The molecule has 2 aliphatic heterocycles. The van der Waals surface area contributed by atoms with Crippen LogP contribution < -0.4 is 16.4 Å². The number of nitrogens with two attached hydrogens (primary N) is 2. The van der Waals surface area contributed by atoms with Crippen LogP contribution in [0.1, 0.15) is 25.8 Å². The maximum Gasteiger partial charge on any atom is 0.239 e. The Labute approximate surface area is 190 Å². The number of nitrogen functional groups attached to an aromatic ring is 1. The lowest BCUT2D eigenvalue weighted by Crippen LogP contribution is -2.46. The van der Waals surface area contributed by atoms with Gasteiger partial charge in [-0.25, -0.2) is 19.6 Å². The largest absolute Gasteiger partial charge is 0.378 e. The number of rotatable bonds is 4. The van der Waals surface area contributed by atoms with Crippen LogP contribution in [-0.2, 0) is 9.53 Å². The summed E-state index contributed by atoms with van der Waals surface area (Å²) < 4.78 is 7.47. The molecule has 12 nitrogen and oxygen atoms in total. The minimum absolute atomic E-state index is 0.0126. The van der Waals surface area contributed by atoms with Crippen molar-refractivity contribution in [2.24, 2.45) is 5.73 Å². The van der Waals surface area contributed by atoms with Gasteiger partial charge < -0.3 is 26.0 Å². The first kappa shape index (κ1) is 21.5. The van der Waals surface area contributed by atoms with Gasteiger partial charge in [0.2, 0.25) is 17.8 Å². The van der Waals surface area contributed by atoms with E-state index in [1.165, 1.54) is 0 Å². The Morgan fingerprint density at radius 1 is 1.09 bits per heavy atom. The van der Waals surface area contributed by atoms with E-state index < -0.39 is 6.04 Å². The summed E-state index contributed by atoms with van der Waals surface area (Å²) in [5.41, 5.74) is 13.7. The van der Waals surface area contributed by atoms with Crippen molar-refractivity contribution in [3.63, 3.8) is 0 Å². The topological polar surface area (TPSA) is 154 Å². The van der Waals surface area contributed by atoms with Crippen LogP contribution in [0.5, 0.6) is 0 Å². The molecule has 1 unspecified atom stereocenters. The van der Waals surface area contributed by atoms with Gasteiger partial charge in [0, 0.05) is 44.1 Å². The van der Waals surface area contributed by atoms with Crippen LogP contribution in [0.25, 0.3) is 22.3 Å². The van der Waals surface area contributed by atoms with Crippen molar-refractivity contribution in [1.82, 2.24) is 34.6 Å². The molecule has 3 aromatic rings. The van der Waals surface area contributed by atoms with Gasteiger partial charge in [-0.15, -0.1) is 0 Å². The summed E-state index contributed by atoms with van der Waals surface area (Å²) in [5, 5.41) is 5.52. The number of amides is 1. The Morgan fingerprint density at radius 3 is 2.45 bits per heavy atom. The SMILES string of the molecule is CC(N)C(=O)N1CCC(n2ncc3c(-c4cnc(N)nc4)nc(N4CCOCC4)nc32)CC1. The molecule has 0 spiro atoms. The van der Waals surface area contributed by atoms with Crippen molar-refractivity contribution in [2.75, 3.05) is 50.0 Å². The third-order valence-corrected chi connectivity index (χ3v) is 6.19. The number of aromatic nitrogens is 6. The van der Waals surface area contributed by atoms with E-state index in [4.69, 9.17) is 31.3 Å². The van der Waals surface area contributed by atoms with Crippen molar-refractivity contribution >= 4 is 28.8 Å². The molecule has 5 heterocycles. The van der Waals surface area contributed by atoms with Gasteiger partial charge in [0.25, 0.3) is 0 Å². The van der Waals surface area contributed by atoms with Crippen molar-refractivity contribution in [2.45, 2.75) is 31.8 Å². The first-order chi connectivity index (χ1) is 16.0. The number of hydrogen-bond donors (Lipinski definition) is 2. The minimum Gasteiger partial charge on any atom is -0.378 e. The van der Waals surface area contributed by atoms with Crippen LogP contribution in [-0.4, -0.2) is 86.0 Å². The quantitative estimate of drug-likeness (QED) is 0.561. The molecule has 4 N–H and O–H groups in total. The summed E-state index contributed by atoms with van der Waals surface area (Å²) in [7, 11) is 0. The summed E-state index contributed by atoms with van der Waals surface area (Å²) in [6.07, 6.45) is 6.70. The van der Waals surface area contributed by atoms with Gasteiger partial charge in [-0.05, 0) is 19.8 Å². The lowest BCUT2D eigenvalue weighted by Gasteiger charge is -2.33. The number of ether oxygens (including phenoxy) is 1. The molecule has 2 aliphatic rings. The molecule has 0 saturated carbocycles. The molecule has 0 bridgehead atoms. The minimum atomic E-state index is -0.486. The van der Waals surface area contributed by atoms with Crippen LogP contribution in [0, 0.1) is 0 Å². The second-order valence-electron chi connectivity index (χ2n) is 8.47. The van der Waals surface area contributed by atoms with E-state index in [1.54, 1.807) is 25.5 Å². The van der Waals surface area contributed by atoms with E-state index in [0.717, 1.165) is 48.2 Å². The maximum absolute atomic E-state index is 12.3. The molecule has 2 saturated heterocycles. The van der Waals surface area contributed by atoms with E-state index in [2.05, 4.69) is 14.9 Å². The zero-order valence-corrected chi connectivity index (χ0v) is 18.6. The molecule has 0 radical (unpaired) electrons. The summed E-state index contributed by atoms with van der Waals surface area (Å²) >= 11 is 0. The molecule has 1 amide bonds. The molecule has 174 valence electrons. The fraction of sp³-hybridized carbons (Fsp3) is 0.524. The highest BCUT2D eigenvalue weighted by Gasteiger charge is 2.28. The zero-order chi connectivity index (χ0) is 22.9. The van der Waals surface area contributed by atoms with Gasteiger partial charge >= 0.3 is 0 Å². The normalized spacial score (nSPS) is 18.6. The second kappa shape index (κ2) is 8.87. The standard InChI is InChI=1S/C21H28N10O2/c1-13(22)19(32)29-4-2-15(3-5-29)31-18-16(12-26-31)17(14-10-24-20(23)25-11-14)27-21(28-18)30-6-8-33-9-7-30/h10-13,15H,2-9,22H2,1H3,(H2,23,24,25). The maximum atomic E-state index is 12.3. The van der Waals surface area contributed by atoms with E-state index in [9.17, 15) is 4.79 Å². The van der Waals surface area contributed by atoms with Gasteiger partial charge in [-0.3, -0.25) is 4.79 Å². The van der Waals surface area contributed by atoms with Crippen LogP contribution in [0.3, 0.4) is 0 Å². The molecular weight excluding hydrogens is 424 g/mol. The van der Waals surface area contributed by atoms with Crippen LogP contribution in [0.15, 0.2) is 18.6 Å². The highest BCUT2D eigenvalue weighted by Crippen LogP contribution is 2.32. The second-order valence-corrected chi connectivity index (χ2v) is 8.47. The number of carbonyl (C=O) groups excluding carboxylic acids is 1. The molecule has 1 atom stereocenters. The fourth-order valence-corrected chi connectivity index (χ4v) is 4.39. The van der Waals surface area contributed by atoms with E-state index >= 15 is 0 Å². The number of nitrogens with zero attached hydrogens (tertiary/aromatic N) is 8. The van der Waals surface area contributed by atoms with Gasteiger partial charge in [0.15, 0.2) is 5.65 Å². The molecule has 0 aliphatic carbocycles. The molecule has 33 heavy (non-hydrogen) atoms. The zero-order valence-electron chi connectivity index (χ0n) is 18.6.